The van der Waals surface area contributed by atoms with E-state index >= 15 is 0 Å². The monoisotopic (exact) mass is 389 g/mol. The fraction of sp³-hybridized carbons (Fsp3) is 0.261. The Kier molecular flexibility index (Phi) is 6.79. The first-order valence-electron chi connectivity index (χ1n) is 9.86. The summed E-state index contributed by atoms with van der Waals surface area (Å²) < 4.78 is 0. The van der Waals surface area contributed by atoms with E-state index in [4.69, 9.17) is 0 Å². The van der Waals surface area contributed by atoms with E-state index in [0.29, 0.717) is 12.1 Å². The number of rotatable bonds is 8. The van der Waals surface area contributed by atoms with Gasteiger partial charge < -0.3 is 15.5 Å². The van der Waals surface area contributed by atoms with Crippen molar-refractivity contribution in [2.75, 3.05) is 28.6 Å². The van der Waals surface area contributed by atoms with Crippen molar-refractivity contribution in [2.24, 2.45) is 0 Å². The van der Waals surface area contributed by atoms with Gasteiger partial charge in [0.25, 0.3) is 5.91 Å². The van der Waals surface area contributed by atoms with Crippen molar-refractivity contribution < 1.29 is 4.79 Å². The molecule has 0 saturated heterocycles. The Morgan fingerprint density at radius 2 is 1.79 bits per heavy atom. The minimum absolute atomic E-state index is 0.170. The molecule has 29 heavy (non-hydrogen) atoms. The third-order valence-corrected chi connectivity index (χ3v) is 4.84. The van der Waals surface area contributed by atoms with Crippen molar-refractivity contribution in [3.05, 3.63) is 77.7 Å². The molecule has 0 spiro atoms. The Hall–Kier alpha value is -3.41. The molecule has 2 heterocycles. The third kappa shape index (κ3) is 5.31. The van der Waals surface area contributed by atoms with E-state index in [0.717, 1.165) is 41.4 Å². The summed E-state index contributed by atoms with van der Waals surface area (Å²) in [5.41, 5.74) is 4.65. The van der Waals surface area contributed by atoms with Gasteiger partial charge in [0, 0.05) is 49.6 Å². The minimum atomic E-state index is -0.170. The maximum Gasteiger partial charge on any atom is 0.257 e. The molecular weight excluding hydrogens is 362 g/mol. The summed E-state index contributed by atoms with van der Waals surface area (Å²) in [6, 6.07) is 13.6. The lowest BCUT2D eigenvalue weighted by Gasteiger charge is -2.22. The Balaban J connectivity index is 1.62. The number of benzene rings is 1. The van der Waals surface area contributed by atoms with Gasteiger partial charge in [-0.3, -0.25) is 9.78 Å². The molecule has 2 aromatic heterocycles. The van der Waals surface area contributed by atoms with Gasteiger partial charge in [-0.2, -0.15) is 0 Å². The molecule has 6 heteroatoms. The average molecular weight is 390 g/mol. The summed E-state index contributed by atoms with van der Waals surface area (Å²) in [5, 5.41) is 6.22. The van der Waals surface area contributed by atoms with E-state index in [1.165, 1.54) is 0 Å². The van der Waals surface area contributed by atoms with Crippen molar-refractivity contribution in [1.29, 1.82) is 0 Å². The van der Waals surface area contributed by atoms with Crippen LogP contribution in [0.15, 0.2) is 61.1 Å². The van der Waals surface area contributed by atoms with Gasteiger partial charge in [0.2, 0.25) is 0 Å². The van der Waals surface area contributed by atoms with Crippen molar-refractivity contribution in [1.82, 2.24) is 9.97 Å². The molecule has 1 aromatic carbocycles. The van der Waals surface area contributed by atoms with E-state index in [1.54, 1.807) is 24.7 Å². The number of anilines is 3. The summed E-state index contributed by atoms with van der Waals surface area (Å²) >= 11 is 0. The number of pyridine rings is 2. The second kappa shape index (κ2) is 9.68. The number of hydrogen-bond donors (Lipinski definition) is 2. The van der Waals surface area contributed by atoms with Crippen LogP contribution in [0, 0.1) is 6.92 Å². The average Bonchev–Trinajstić information content (AvgIpc) is 2.76. The number of aryl methyl sites for hydroxylation is 1. The van der Waals surface area contributed by atoms with Crippen LogP contribution in [0.3, 0.4) is 0 Å². The topological polar surface area (TPSA) is 70.2 Å². The molecule has 1 amide bonds. The SMILES string of the molecule is CCN(CC)c1ccc(NC(=O)c2ccc(NCc3ccncc3)nc2)c(C)c1. The highest BCUT2D eigenvalue weighted by atomic mass is 16.1. The van der Waals surface area contributed by atoms with Gasteiger partial charge in [0.15, 0.2) is 0 Å². The van der Waals surface area contributed by atoms with Gasteiger partial charge in [-0.25, -0.2) is 4.98 Å². The second-order valence-corrected chi connectivity index (χ2v) is 6.77. The quantitative estimate of drug-likeness (QED) is 0.594. The van der Waals surface area contributed by atoms with Crippen LogP contribution < -0.4 is 15.5 Å². The fourth-order valence-electron chi connectivity index (χ4n) is 3.09. The highest BCUT2D eigenvalue weighted by Crippen LogP contribution is 2.23. The van der Waals surface area contributed by atoms with Crippen LogP contribution in [0.2, 0.25) is 0 Å². The fourth-order valence-corrected chi connectivity index (χ4v) is 3.09. The van der Waals surface area contributed by atoms with E-state index in [2.05, 4.69) is 45.4 Å². The number of nitrogens with one attached hydrogen (secondary N) is 2. The molecule has 0 aliphatic heterocycles. The molecule has 0 atom stereocenters. The summed E-state index contributed by atoms with van der Waals surface area (Å²) in [6.07, 6.45) is 5.10. The van der Waals surface area contributed by atoms with Crippen molar-refractivity contribution in [2.45, 2.75) is 27.3 Å². The molecule has 0 saturated carbocycles. The van der Waals surface area contributed by atoms with Crippen LogP contribution in [0.25, 0.3) is 0 Å². The standard InChI is InChI=1S/C23H27N5O/c1-4-28(5-2)20-7-8-21(17(3)14-20)27-23(29)19-6-9-22(26-16-19)25-15-18-10-12-24-13-11-18/h6-14,16H,4-5,15H2,1-3H3,(H,25,26)(H,27,29). The second-order valence-electron chi connectivity index (χ2n) is 6.77. The van der Waals surface area contributed by atoms with E-state index in [-0.39, 0.29) is 5.91 Å². The Morgan fingerprint density at radius 1 is 1.03 bits per heavy atom. The Labute approximate surface area is 172 Å². The van der Waals surface area contributed by atoms with Crippen molar-refractivity contribution in [3.63, 3.8) is 0 Å². The first-order chi connectivity index (χ1) is 14.1. The zero-order valence-corrected chi connectivity index (χ0v) is 17.1. The molecule has 6 nitrogen and oxygen atoms in total. The van der Waals surface area contributed by atoms with Crippen LogP contribution in [-0.4, -0.2) is 29.0 Å². The van der Waals surface area contributed by atoms with E-state index < -0.39 is 0 Å². The van der Waals surface area contributed by atoms with Gasteiger partial charge in [0.05, 0.1) is 5.56 Å². The van der Waals surface area contributed by atoms with Crippen molar-refractivity contribution >= 4 is 23.1 Å². The van der Waals surface area contributed by atoms with Gasteiger partial charge in [-0.1, -0.05) is 0 Å². The molecule has 0 aliphatic carbocycles. The number of carbonyl (C=O) groups is 1. The molecule has 0 aliphatic rings. The molecule has 3 rings (SSSR count). The number of nitrogens with zero attached hydrogens (tertiary/aromatic N) is 3. The first kappa shape index (κ1) is 20.3. The zero-order valence-electron chi connectivity index (χ0n) is 17.1. The van der Waals surface area contributed by atoms with Crippen molar-refractivity contribution in [3.8, 4) is 0 Å². The maximum atomic E-state index is 12.6. The highest BCUT2D eigenvalue weighted by Gasteiger charge is 2.10. The van der Waals surface area contributed by atoms with Gasteiger partial charge in [-0.15, -0.1) is 0 Å². The molecular formula is C23H27N5O. The molecule has 0 radical (unpaired) electrons. The molecule has 0 fully saturated rings. The van der Waals surface area contributed by atoms with Gasteiger partial charge >= 0.3 is 0 Å². The smallest absolute Gasteiger partial charge is 0.257 e. The maximum absolute atomic E-state index is 12.6. The lowest BCUT2D eigenvalue weighted by atomic mass is 10.1. The summed E-state index contributed by atoms with van der Waals surface area (Å²) in [6.45, 7) is 8.84. The largest absolute Gasteiger partial charge is 0.372 e. The molecule has 0 unspecified atom stereocenters. The Bertz CT molecular complexity index is 937. The third-order valence-electron chi connectivity index (χ3n) is 4.84. The van der Waals surface area contributed by atoms with E-state index in [9.17, 15) is 4.79 Å². The highest BCUT2D eigenvalue weighted by molar-refractivity contribution is 6.04. The lowest BCUT2D eigenvalue weighted by molar-refractivity contribution is 0.102. The van der Waals surface area contributed by atoms with Crippen LogP contribution in [0.4, 0.5) is 17.2 Å². The summed E-state index contributed by atoms with van der Waals surface area (Å²) in [5.74, 6) is 0.551. The van der Waals surface area contributed by atoms with E-state index in [1.807, 2.05) is 37.3 Å². The van der Waals surface area contributed by atoms with Crippen LogP contribution in [-0.2, 0) is 6.54 Å². The predicted octanol–water partition coefficient (Wildman–Crippen LogP) is 4.50. The van der Waals surface area contributed by atoms with Crippen LogP contribution in [0.1, 0.15) is 35.3 Å². The molecule has 0 bridgehead atoms. The summed E-state index contributed by atoms with van der Waals surface area (Å²) in [7, 11) is 0. The zero-order chi connectivity index (χ0) is 20.6. The number of hydrogen-bond acceptors (Lipinski definition) is 5. The normalized spacial score (nSPS) is 10.4. The Morgan fingerprint density at radius 3 is 2.41 bits per heavy atom. The molecule has 2 N–H and O–H groups in total. The summed E-state index contributed by atoms with van der Waals surface area (Å²) in [4.78, 5) is 23.2. The lowest BCUT2D eigenvalue weighted by Crippen LogP contribution is -2.22. The molecule has 3 aromatic rings. The number of aromatic nitrogens is 2. The van der Waals surface area contributed by atoms with Crippen LogP contribution >= 0.6 is 0 Å². The van der Waals surface area contributed by atoms with Gasteiger partial charge in [0.1, 0.15) is 5.82 Å². The first-order valence-corrected chi connectivity index (χ1v) is 9.86. The van der Waals surface area contributed by atoms with Crippen LogP contribution in [0.5, 0.6) is 0 Å². The number of amides is 1. The predicted molar refractivity (Wildman–Crippen MR) is 118 cm³/mol. The van der Waals surface area contributed by atoms with Gasteiger partial charge in [-0.05, 0) is 74.4 Å². The minimum Gasteiger partial charge on any atom is -0.372 e. The molecule has 150 valence electrons. The number of carbonyl (C=O) groups excluding carboxylic acids is 1.